The number of phenolic OH excluding ortho intramolecular Hbond substituents is 1. The maximum absolute atomic E-state index is 12.5. The van der Waals surface area contributed by atoms with Crippen LogP contribution in [-0.4, -0.2) is 27.2 Å². The van der Waals surface area contributed by atoms with E-state index in [1.54, 1.807) is 50.3 Å². The van der Waals surface area contributed by atoms with Gasteiger partial charge in [-0.2, -0.15) is 5.26 Å². The van der Waals surface area contributed by atoms with Crippen LogP contribution in [-0.2, 0) is 17.8 Å². The van der Waals surface area contributed by atoms with Crippen LogP contribution in [0.25, 0.3) is 6.08 Å². The van der Waals surface area contributed by atoms with Crippen LogP contribution in [0.2, 0.25) is 0 Å². The molecule has 2 amide bonds. The fraction of sp³-hybridized carbons (Fsp3) is 0.208. The number of aromatic hydroxyl groups is 1. The molecule has 0 spiro atoms. The maximum Gasteiger partial charge on any atom is 0.293 e. The number of carbonyl (C=O) groups is 2. The summed E-state index contributed by atoms with van der Waals surface area (Å²) in [7, 11) is 0. The Labute approximate surface area is 185 Å². The van der Waals surface area contributed by atoms with Crippen molar-refractivity contribution in [3.05, 3.63) is 76.2 Å². The van der Waals surface area contributed by atoms with Crippen LogP contribution in [0.1, 0.15) is 36.1 Å². The third kappa shape index (κ3) is 4.81. The third-order valence-corrected chi connectivity index (χ3v) is 5.56. The average Bonchev–Trinajstić information content (AvgIpc) is 3.00. The first-order chi connectivity index (χ1) is 14.8. The molecule has 6 nitrogen and oxygen atoms in total. The van der Waals surface area contributed by atoms with Gasteiger partial charge in [-0.3, -0.25) is 14.5 Å². The molecular weight excluding hydrogens is 412 g/mol. The molecule has 0 aromatic heterocycles. The van der Waals surface area contributed by atoms with Crippen molar-refractivity contribution >= 4 is 29.0 Å². The zero-order chi connectivity index (χ0) is 22.5. The van der Waals surface area contributed by atoms with Crippen LogP contribution in [0.4, 0.5) is 4.79 Å². The Bertz CT molecular complexity index is 1120. The number of ether oxygens (including phenoxy) is 1. The largest absolute Gasteiger partial charge is 0.504 e. The van der Waals surface area contributed by atoms with E-state index in [1.807, 2.05) is 6.07 Å². The minimum absolute atomic E-state index is 0.0943. The quantitative estimate of drug-likeness (QED) is 0.486. The number of allylic oxidation sites excluding steroid dienone is 1. The van der Waals surface area contributed by atoms with Gasteiger partial charge in [-0.15, -0.1) is 6.58 Å². The number of imide groups is 1. The van der Waals surface area contributed by atoms with Gasteiger partial charge in [-0.1, -0.05) is 24.3 Å². The van der Waals surface area contributed by atoms with E-state index in [9.17, 15) is 20.0 Å². The second kappa shape index (κ2) is 9.54. The van der Waals surface area contributed by atoms with E-state index in [2.05, 4.69) is 12.6 Å². The molecule has 1 N–H and O–H groups in total. The van der Waals surface area contributed by atoms with Crippen LogP contribution >= 0.6 is 11.8 Å². The lowest BCUT2D eigenvalue weighted by atomic mass is 10.0. The summed E-state index contributed by atoms with van der Waals surface area (Å²) < 4.78 is 5.86. The lowest BCUT2D eigenvalue weighted by molar-refractivity contribution is -0.123. The number of hydrogen-bond donors (Lipinski definition) is 1. The highest BCUT2D eigenvalue weighted by atomic mass is 32.2. The SMILES string of the molecule is C=CCc1cc(/C=C2/SC(=O)N(C(C)C)C2=O)cc(O)c1OCc1ccccc1C#N. The number of nitrogens with zero attached hydrogens (tertiary/aromatic N) is 2. The molecule has 0 atom stereocenters. The smallest absolute Gasteiger partial charge is 0.293 e. The van der Waals surface area contributed by atoms with E-state index in [1.165, 1.54) is 11.0 Å². The molecule has 1 aliphatic heterocycles. The minimum atomic E-state index is -0.344. The number of carbonyl (C=O) groups excluding carboxylic acids is 2. The summed E-state index contributed by atoms with van der Waals surface area (Å²) >= 11 is 0.881. The van der Waals surface area contributed by atoms with E-state index in [0.717, 1.165) is 11.8 Å². The third-order valence-electron chi connectivity index (χ3n) is 4.68. The molecular formula is C24H22N2O4S. The molecule has 7 heteroatoms. The van der Waals surface area contributed by atoms with E-state index in [4.69, 9.17) is 4.74 Å². The van der Waals surface area contributed by atoms with Gasteiger partial charge in [0.1, 0.15) is 6.61 Å². The zero-order valence-electron chi connectivity index (χ0n) is 17.3. The first kappa shape index (κ1) is 22.2. The van der Waals surface area contributed by atoms with Gasteiger partial charge in [-0.05, 0) is 61.9 Å². The van der Waals surface area contributed by atoms with Crippen molar-refractivity contribution in [1.29, 1.82) is 5.26 Å². The Kier molecular flexibility index (Phi) is 6.83. The van der Waals surface area contributed by atoms with Crippen molar-refractivity contribution in [2.45, 2.75) is 32.9 Å². The molecule has 2 aromatic carbocycles. The molecule has 1 saturated heterocycles. The molecule has 1 fully saturated rings. The summed E-state index contributed by atoms with van der Waals surface area (Å²) in [5, 5.41) is 19.5. The van der Waals surface area contributed by atoms with Crippen molar-refractivity contribution < 1.29 is 19.4 Å². The standard InChI is InChI=1S/C24H22N2O4S/c1-4-7-17-10-16(12-21-23(28)26(15(2)3)24(29)31-21)11-20(27)22(17)30-14-19-9-6-5-8-18(19)13-25/h4-6,8-12,15,27H,1,7,14H2,2-3H3/b21-12+. The summed E-state index contributed by atoms with van der Waals surface area (Å²) in [5.41, 5.74) is 2.47. The van der Waals surface area contributed by atoms with Gasteiger partial charge < -0.3 is 9.84 Å². The number of hydrogen-bond acceptors (Lipinski definition) is 6. The summed E-state index contributed by atoms with van der Waals surface area (Å²) in [5.74, 6) is -0.147. The topological polar surface area (TPSA) is 90.6 Å². The number of nitriles is 1. The normalized spacial score (nSPS) is 14.9. The molecule has 0 bridgehead atoms. The van der Waals surface area contributed by atoms with Gasteiger partial charge >= 0.3 is 0 Å². The highest BCUT2D eigenvalue weighted by molar-refractivity contribution is 8.18. The summed E-state index contributed by atoms with van der Waals surface area (Å²) in [4.78, 5) is 26.2. The Morgan fingerprint density at radius 2 is 2.00 bits per heavy atom. The van der Waals surface area contributed by atoms with E-state index >= 15 is 0 Å². The summed E-state index contributed by atoms with van der Waals surface area (Å²) in [6, 6.07) is 12.3. The molecule has 0 unspecified atom stereocenters. The predicted molar refractivity (Wildman–Crippen MR) is 120 cm³/mol. The van der Waals surface area contributed by atoms with Crippen molar-refractivity contribution in [2.75, 3.05) is 0 Å². The Hall–Kier alpha value is -3.50. The van der Waals surface area contributed by atoms with Crippen molar-refractivity contribution in [3.8, 4) is 17.6 Å². The number of amides is 2. The maximum atomic E-state index is 12.5. The van der Waals surface area contributed by atoms with Crippen molar-refractivity contribution in [1.82, 2.24) is 4.90 Å². The van der Waals surface area contributed by atoms with Gasteiger partial charge in [0.25, 0.3) is 11.1 Å². The Morgan fingerprint density at radius 3 is 2.65 bits per heavy atom. The molecule has 0 saturated carbocycles. The first-order valence-electron chi connectivity index (χ1n) is 9.70. The van der Waals surface area contributed by atoms with Crippen LogP contribution in [0.15, 0.2) is 54.0 Å². The van der Waals surface area contributed by atoms with E-state index in [0.29, 0.717) is 39.3 Å². The zero-order valence-corrected chi connectivity index (χ0v) is 18.1. The minimum Gasteiger partial charge on any atom is -0.504 e. The van der Waals surface area contributed by atoms with Gasteiger partial charge in [-0.25, -0.2) is 0 Å². The average molecular weight is 435 g/mol. The van der Waals surface area contributed by atoms with Crippen molar-refractivity contribution in [3.63, 3.8) is 0 Å². The predicted octanol–water partition coefficient (Wildman–Crippen LogP) is 5.02. The fourth-order valence-electron chi connectivity index (χ4n) is 3.23. The summed E-state index contributed by atoms with van der Waals surface area (Å²) in [6.45, 7) is 7.43. The van der Waals surface area contributed by atoms with Crippen LogP contribution in [0, 0.1) is 11.3 Å². The lowest BCUT2D eigenvalue weighted by Gasteiger charge is -2.16. The molecule has 158 valence electrons. The van der Waals surface area contributed by atoms with E-state index < -0.39 is 0 Å². The number of phenols is 1. The highest BCUT2D eigenvalue weighted by Crippen LogP contribution is 2.37. The van der Waals surface area contributed by atoms with Gasteiger partial charge in [0.2, 0.25) is 0 Å². The fourth-order valence-corrected chi connectivity index (χ4v) is 4.20. The van der Waals surface area contributed by atoms with Gasteiger partial charge in [0.15, 0.2) is 11.5 Å². The summed E-state index contributed by atoms with van der Waals surface area (Å²) in [6.07, 6.45) is 3.70. The molecule has 3 rings (SSSR count). The number of rotatable bonds is 7. The monoisotopic (exact) mass is 434 g/mol. The van der Waals surface area contributed by atoms with E-state index in [-0.39, 0.29) is 29.5 Å². The van der Waals surface area contributed by atoms with Crippen LogP contribution in [0.5, 0.6) is 11.5 Å². The molecule has 31 heavy (non-hydrogen) atoms. The molecule has 0 aliphatic carbocycles. The number of benzene rings is 2. The number of thioether (sulfide) groups is 1. The Morgan fingerprint density at radius 1 is 1.26 bits per heavy atom. The van der Waals surface area contributed by atoms with Crippen molar-refractivity contribution in [2.24, 2.45) is 0 Å². The Balaban J connectivity index is 1.91. The first-order valence-corrected chi connectivity index (χ1v) is 10.5. The van der Waals surface area contributed by atoms with Crippen LogP contribution < -0.4 is 4.74 Å². The van der Waals surface area contributed by atoms with Crippen LogP contribution in [0.3, 0.4) is 0 Å². The van der Waals surface area contributed by atoms with Gasteiger partial charge in [0, 0.05) is 17.2 Å². The molecule has 0 radical (unpaired) electrons. The molecule has 1 heterocycles. The molecule has 1 aliphatic rings. The van der Waals surface area contributed by atoms with Gasteiger partial charge in [0.05, 0.1) is 16.5 Å². The second-order valence-electron chi connectivity index (χ2n) is 7.22. The second-order valence-corrected chi connectivity index (χ2v) is 8.22. The molecule has 2 aromatic rings. The highest BCUT2D eigenvalue weighted by Gasteiger charge is 2.36. The lowest BCUT2D eigenvalue weighted by Crippen LogP contribution is -2.34.